The number of aliphatic hydroxyl groups excluding tert-OH is 1. The lowest BCUT2D eigenvalue weighted by molar-refractivity contribution is -0.152. The van der Waals surface area contributed by atoms with Gasteiger partial charge in [-0.25, -0.2) is 14.6 Å². The topological polar surface area (TPSA) is 209 Å². The molecule has 19 heteroatoms. The van der Waals surface area contributed by atoms with Crippen molar-refractivity contribution in [2.24, 2.45) is 11.8 Å². The Labute approximate surface area is 426 Å². The van der Waals surface area contributed by atoms with Crippen LogP contribution < -0.4 is 34.8 Å². The van der Waals surface area contributed by atoms with Crippen LogP contribution in [-0.2, 0) is 38.8 Å². The molecule has 73 heavy (non-hydrogen) atoms. The van der Waals surface area contributed by atoms with Crippen molar-refractivity contribution in [3.8, 4) is 17.4 Å². The molecule has 1 aromatic heterocycles. The Hall–Kier alpha value is -6.51. The minimum atomic E-state index is -1.38. The van der Waals surface area contributed by atoms with E-state index >= 15 is 0 Å². The maximum absolute atomic E-state index is 13.8. The predicted octanol–water partition coefficient (Wildman–Crippen LogP) is 4.94. The summed E-state index contributed by atoms with van der Waals surface area (Å²) >= 11 is 0. The fraction of sp³-hybridized carbons (Fsp3) is 0.500. The summed E-state index contributed by atoms with van der Waals surface area (Å²) in [7, 11) is 9.46. The third kappa shape index (κ3) is 11.4. The number of aromatic nitrogens is 1. The summed E-state index contributed by atoms with van der Waals surface area (Å²) in [6, 6.07) is 20.1. The average molecular weight is 1010 g/mol. The molecule has 392 valence electrons. The molecule has 4 aliphatic rings. The van der Waals surface area contributed by atoms with Crippen molar-refractivity contribution in [3.05, 3.63) is 100 Å². The first-order chi connectivity index (χ1) is 35.2. The first-order valence-electron chi connectivity index (χ1n) is 25.0. The zero-order chi connectivity index (χ0) is 51.9. The van der Waals surface area contributed by atoms with Gasteiger partial charge in [0.1, 0.15) is 28.4 Å². The van der Waals surface area contributed by atoms with Crippen LogP contribution >= 0.6 is 0 Å². The number of carbonyl (C=O) groups excluding carboxylic acids is 4. The van der Waals surface area contributed by atoms with Crippen LogP contribution in [0.5, 0.6) is 17.4 Å². The number of esters is 2. The molecule has 0 unspecified atom stereocenters. The lowest BCUT2D eigenvalue weighted by atomic mass is 9.77. The molecule has 2 fully saturated rings. The minimum Gasteiger partial charge on any atom is -0.476 e. The summed E-state index contributed by atoms with van der Waals surface area (Å²) in [5.74, 6) is -0.138. The molecule has 3 N–H and O–H groups in total. The van der Waals surface area contributed by atoms with Gasteiger partial charge >= 0.3 is 11.9 Å². The molecular weight excluding hydrogens is 941 g/mol. The second kappa shape index (κ2) is 23.1. The highest BCUT2D eigenvalue weighted by Gasteiger charge is 2.54. The van der Waals surface area contributed by atoms with Crippen molar-refractivity contribution >= 4 is 40.8 Å². The van der Waals surface area contributed by atoms with E-state index in [-0.39, 0.29) is 102 Å². The van der Waals surface area contributed by atoms with Crippen LogP contribution in [-0.4, -0.2) is 160 Å². The predicted molar refractivity (Wildman–Crippen MR) is 271 cm³/mol. The van der Waals surface area contributed by atoms with Crippen molar-refractivity contribution in [1.29, 1.82) is 0 Å². The van der Waals surface area contributed by atoms with E-state index < -0.39 is 29.0 Å². The number of nitrogens with one attached hydrogen (secondary N) is 2. The number of rotatable bonds is 26. The highest BCUT2D eigenvalue weighted by Crippen LogP contribution is 2.57. The SMILES string of the molecule is CCOC(=O)[C@](CC)(CCOCCOCCOCCNC(=O)c1ccc2c(c1)C(=O)OC21c2ccc(N(C)C)cc2Oc2cc(N(C)C)ccc21)NC(=O)c1ccc(N2CC(OC)C2)c(OC[C@H]2C[C@@H]2CO)n1. The standard InChI is InChI=1S/C54H68N6O13/c1-8-53(52(65)70-9-2,57-49(63)44-16-17-45(60-30-39(31-60)66-7)50(56-44)71-33-36-26-35(36)32-61)18-20-67-22-24-69-25-23-68-21-19-55-48(62)34-10-13-41-40(27-34)51(64)73-54(41)42-14-11-37(58(3)4)28-46(42)72-47-29-38(59(5)6)12-15-43(47)54/h10-17,27-29,35-36,39,61H,8-9,18-26,30-33H2,1-7H3,(H,55,62)(H,57,63)/t35-,36-,53+/m1/s1. The Morgan fingerprint density at radius 1 is 0.822 bits per heavy atom. The van der Waals surface area contributed by atoms with E-state index in [0.717, 1.165) is 23.5 Å². The van der Waals surface area contributed by atoms with Crippen LogP contribution in [0, 0.1) is 11.8 Å². The van der Waals surface area contributed by atoms with Crippen molar-refractivity contribution < 1.29 is 62.2 Å². The number of fused-ring (bicyclic) bond motifs is 6. The number of nitrogens with zero attached hydrogens (tertiary/aromatic N) is 4. The van der Waals surface area contributed by atoms with Gasteiger partial charge in [-0.2, -0.15) is 0 Å². The van der Waals surface area contributed by atoms with E-state index in [2.05, 4.69) is 20.5 Å². The van der Waals surface area contributed by atoms with Crippen molar-refractivity contribution in [2.75, 3.05) is 129 Å². The van der Waals surface area contributed by atoms with Gasteiger partial charge in [0.2, 0.25) is 5.88 Å². The molecule has 1 saturated heterocycles. The van der Waals surface area contributed by atoms with Gasteiger partial charge in [-0.15, -0.1) is 0 Å². The van der Waals surface area contributed by atoms with Gasteiger partial charge in [-0.1, -0.05) is 13.0 Å². The summed E-state index contributed by atoms with van der Waals surface area (Å²) in [6.45, 7) is 7.05. The van der Waals surface area contributed by atoms with Gasteiger partial charge in [0, 0.05) is 120 Å². The van der Waals surface area contributed by atoms with Crippen LogP contribution in [0.1, 0.15) is 81.0 Å². The molecule has 4 aromatic rings. The molecule has 3 atom stereocenters. The number of pyridine rings is 1. The lowest BCUT2D eigenvalue weighted by Gasteiger charge is -2.40. The molecule has 8 rings (SSSR count). The van der Waals surface area contributed by atoms with Crippen LogP contribution in [0.15, 0.2) is 66.7 Å². The molecular formula is C54H68N6O13. The van der Waals surface area contributed by atoms with E-state index in [9.17, 15) is 24.3 Å². The third-order valence-electron chi connectivity index (χ3n) is 14.0. The Bertz CT molecular complexity index is 2580. The number of methoxy groups -OCH3 is 1. The Morgan fingerprint density at radius 2 is 1.47 bits per heavy atom. The molecule has 4 heterocycles. The quantitative estimate of drug-likeness (QED) is 0.0563. The number of hydrogen-bond donors (Lipinski definition) is 3. The fourth-order valence-electron chi connectivity index (χ4n) is 9.32. The van der Waals surface area contributed by atoms with E-state index in [1.165, 1.54) is 0 Å². The Morgan fingerprint density at radius 3 is 2.07 bits per heavy atom. The molecule has 1 saturated carbocycles. The molecule has 1 aliphatic carbocycles. The number of ether oxygens (including phenoxy) is 8. The zero-order valence-electron chi connectivity index (χ0n) is 42.8. The van der Waals surface area contributed by atoms with E-state index in [4.69, 9.17) is 37.9 Å². The molecule has 0 bridgehead atoms. The van der Waals surface area contributed by atoms with Gasteiger partial charge in [0.25, 0.3) is 11.8 Å². The van der Waals surface area contributed by atoms with Crippen molar-refractivity contribution in [1.82, 2.24) is 15.6 Å². The number of anilines is 3. The second-order valence-electron chi connectivity index (χ2n) is 19.1. The maximum atomic E-state index is 13.8. The van der Waals surface area contributed by atoms with Crippen molar-refractivity contribution in [3.63, 3.8) is 0 Å². The Balaban J connectivity index is 0.779. The number of aliphatic hydroxyl groups is 1. The summed E-state index contributed by atoms with van der Waals surface area (Å²) in [6.07, 6.45) is 1.35. The summed E-state index contributed by atoms with van der Waals surface area (Å²) in [5.41, 5.74) is 2.66. The first-order valence-corrected chi connectivity index (χ1v) is 25.0. The fourth-order valence-corrected chi connectivity index (χ4v) is 9.32. The van der Waals surface area contributed by atoms with Crippen molar-refractivity contribution in [2.45, 2.75) is 50.4 Å². The van der Waals surface area contributed by atoms with Crippen LogP contribution in [0.4, 0.5) is 17.1 Å². The number of amides is 2. The monoisotopic (exact) mass is 1010 g/mol. The van der Waals surface area contributed by atoms with E-state index in [1.54, 1.807) is 51.3 Å². The molecule has 0 radical (unpaired) electrons. The molecule has 2 amide bonds. The number of benzene rings is 3. The minimum absolute atomic E-state index is 0.0893. The Kier molecular flexibility index (Phi) is 16.7. The highest BCUT2D eigenvalue weighted by atomic mass is 16.6. The summed E-state index contributed by atoms with van der Waals surface area (Å²) in [4.78, 5) is 64.9. The first kappa shape index (κ1) is 52.8. The number of hydrogen-bond acceptors (Lipinski definition) is 17. The van der Waals surface area contributed by atoms with Crippen LogP contribution in [0.3, 0.4) is 0 Å². The highest BCUT2D eigenvalue weighted by molar-refractivity contribution is 6.02. The second-order valence-corrected chi connectivity index (χ2v) is 19.1. The van der Waals surface area contributed by atoms with E-state index in [0.29, 0.717) is 64.9 Å². The van der Waals surface area contributed by atoms with Gasteiger partial charge in [-0.3, -0.25) is 9.59 Å². The largest absolute Gasteiger partial charge is 0.476 e. The zero-order valence-corrected chi connectivity index (χ0v) is 42.8. The summed E-state index contributed by atoms with van der Waals surface area (Å²) in [5, 5.41) is 15.3. The number of carbonyl (C=O) groups is 4. The third-order valence-corrected chi connectivity index (χ3v) is 14.0. The molecule has 19 nitrogen and oxygen atoms in total. The van der Waals surface area contributed by atoms with Gasteiger partial charge in [0.05, 0.1) is 57.9 Å². The molecule has 3 aliphatic heterocycles. The van der Waals surface area contributed by atoms with Gasteiger partial charge < -0.3 is 68.3 Å². The summed E-state index contributed by atoms with van der Waals surface area (Å²) < 4.78 is 47.0. The van der Waals surface area contributed by atoms with Gasteiger partial charge in [0.15, 0.2) is 5.60 Å². The smallest absolute Gasteiger partial charge is 0.340 e. The maximum Gasteiger partial charge on any atom is 0.340 e. The molecule has 1 spiro atoms. The lowest BCUT2D eigenvalue weighted by Crippen LogP contribution is -2.55. The van der Waals surface area contributed by atoms with Crippen LogP contribution in [0.2, 0.25) is 0 Å². The normalized spacial score (nSPS) is 17.8. The van der Waals surface area contributed by atoms with E-state index in [1.807, 2.05) is 74.4 Å². The van der Waals surface area contributed by atoms with Crippen LogP contribution in [0.25, 0.3) is 0 Å². The average Bonchev–Trinajstić information content (AvgIpc) is 4.09. The van der Waals surface area contributed by atoms with Gasteiger partial charge in [-0.05, 0) is 80.1 Å². The molecule has 3 aromatic carbocycles.